The SMILES string of the molecule is Cn1cc(S(=O)(=O)N2CCCOc3cccc(c3)CCC3CCCCN3CC2)cn1. The number of fused-ring (bicyclic) bond motifs is 3. The van der Waals surface area contributed by atoms with E-state index < -0.39 is 10.0 Å². The molecule has 0 spiro atoms. The van der Waals surface area contributed by atoms with Crippen LogP contribution in [0.5, 0.6) is 5.75 Å². The van der Waals surface area contributed by atoms with E-state index in [9.17, 15) is 8.42 Å². The van der Waals surface area contributed by atoms with E-state index in [1.165, 1.54) is 35.7 Å². The highest BCUT2D eigenvalue weighted by atomic mass is 32.2. The second-order valence-corrected chi connectivity index (χ2v) is 10.3. The lowest BCUT2D eigenvalue weighted by Crippen LogP contribution is -2.45. The highest BCUT2D eigenvalue weighted by molar-refractivity contribution is 7.89. The molecule has 7 nitrogen and oxygen atoms in total. The fourth-order valence-corrected chi connectivity index (χ4v) is 5.97. The highest BCUT2D eigenvalue weighted by Crippen LogP contribution is 2.24. The predicted octanol–water partition coefficient (Wildman–Crippen LogP) is 2.68. The average molecular weight is 433 g/mol. The van der Waals surface area contributed by atoms with Gasteiger partial charge in [0, 0.05) is 38.9 Å². The van der Waals surface area contributed by atoms with Crippen molar-refractivity contribution in [2.24, 2.45) is 7.05 Å². The van der Waals surface area contributed by atoms with Crippen molar-refractivity contribution in [3.05, 3.63) is 42.2 Å². The summed E-state index contributed by atoms with van der Waals surface area (Å²) in [6.45, 7) is 3.25. The third kappa shape index (κ3) is 5.04. The summed E-state index contributed by atoms with van der Waals surface area (Å²) in [7, 11) is -1.83. The molecule has 3 heterocycles. The Balaban J connectivity index is 1.56. The fourth-order valence-electron chi connectivity index (χ4n) is 4.51. The number of sulfonamides is 1. The average Bonchev–Trinajstić information content (AvgIpc) is 3.19. The summed E-state index contributed by atoms with van der Waals surface area (Å²) in [5.41, 5.74) is 1.32. The predicted molar refractivity (Wildman–Crippen MR) is 116 cm³/mol. The first-order chi connectivity index (χ1) is 14.5. The Labute approximate surface area is 179 Å². The monoisotopic (exact) mass is 432 g/mol. The van der Waals surface area contributed by atoms with E-state index in [-0.39, 0.29) is 4.90 Å². The molecule has 1 saturated heterocycles. The molecule has 2 aromatic rings. The molecule has 2 aliphatic rings. The minimum atomic E-state index is -3.57. The fraction of sp³-hybridized carbons (Fsp3) is 0.591. The quantitative estimate of drug-likeness (QED) is 0.730. The maximum Gasteiger partial charge on any atom is 0.246 e. The van der Waals surface area contributed by atoms with Crippen LogP contribution < -0.4 is 4.74 Å². The third-order valence-corrected chi connectivity index (χ3v) is 8.04. The van der Waals surface area contributed by atoms with Crippen molar-refractivity contribution >= 4 is 10.0 Å². The molecule has 2 bridgehead atoms. The van der Waals surface area contributed by atoms with Crippen LogP contribution in [-0.4, -0.2) is 66.2 Å². The molecular formula is C22H32N4O3S. The van der Waals surface area contributed by atoms with Gasteiger partial charge in [-0.05, 0) is 56.3 Å². The van der Waals surface area contributed by atoms with Crippen LogP contribution in [0, 0.1) is 0 Å². The van der Waals surface area contributed by atoms with Gasteiger partial charge in [-0.1, -0.05) is 18.6 Å². The van der Waals surface area contributed by atoms with E-state index >= 15 is 0 Å². The number of hydrogen-bond donors (Lipinski definition) is 0. The van der Waals surface area contributed by atoms with Gasteiger partial charge >= 0.3 is 0 Å². The normalized spacial score (nSPS) is 22.6. The van der Waals surface area contributed by atoms with Gasteiger partial charge in [0.2, 0.25) is 10.0 Å². The van der Waals surface area contributed by atoms with Crippen molar-refractivity contribution in [2.45, 2.75) is 49.5 Å². The zero-order valence-electron chi connectivity index (χ0n) is 17.7. The highest BCUT2D eigenvalue weighted by Gasteiger charge is 2.28. The minimum absolute atomic E-state index is 0.259. The molecule has 0 amide bonds. The van der Waals surface area contributed by atoms with Gasteiger partial charge < -0.3 is 4.74 Å². The Morgan fingerprint density at radius 1 is 1.07 bits per heavy atom. The molecule has 1 fully saturated rings. The van der Waals surface area contributed by atoms with Crippen molar-refractivity contribution in [2.75, 3.05) is 32.8 Å². The maximum atomic E-state index is 13.3. The van der Waals surface area contributed by atoms with Crippen LogP contribution in [0.4, 0.5) is 0 Å². The number of benzene rings is 1. The Bertz CT molecular complexity index is 943. The molecule has 1 aromatic carbocycles. The number of nitrogens with zero attached hydrogens (tertiary/aromatic N) is 4. The number of aryl methyl sites for hydroxylation is 2. The summed E-state index contributed by atoms with van der Waals surface area (Å²) in [5.74, 6) is 0.867. The van der Waals surface area contributed by atoms with Crippen molar-refractivity contribution in [1.82, 2.24) is 19.0 Å². The van der Waals surface area contributed by atoms with Gasteiger partial charge in [-0.3, -0.25) is 9.58 Å². The Morgan fingerprint density at radius 3 is 2.80 bits per heavy atom. The number of rotatable bonds is 2. The summed E-state index contributed by atoms with van der Waals surface area (Å²) in [6.07, 6.45) is 9.41. The van der Waals surface area contributed by atoms with Crippen LogP contribution in [0.3, 0.4) is 0 Å². The van der Waals surface area contributed by atoms with E-state index in [1.54, 1.807) is 17.5 Å². The molecule has 0 aliphatic carbocycles. The molecule has 4 rings (SSSR count). The van der Waals surface area contributed by atoms with E-state index in [0.29, 0.717) is 32.2 Å². The van der Waals surface area contributed by atoms with Crippen LogP contribution in [0.2, 0.25) is 0 Å². The summed E-state index contributed by atoms with van der Waals surface area (Å²) >= 11 is 0. The molecule has 1 unspecified atom stereocenters. The lowest BCUT2D eigenvalue weighted by atomic mass is 9.95. The van der Waals surface area contributed by atoms with Crippen LogP contribution in [-0.2, 0) is 23.5 Å². The largest absolute Gasteiger partial charge is 0.494 e. The maximum absolute atomic E-state index is 13.3. The second-order valence-electron chi connectivity index (χ2n) is 8.33. The lowest BCUT2D eigenvalue weighted by molar-refractivity contribution is 0.131. The van der Waals surface area contributed by atoms with Gasteiger partial charge in [0.1, 0.15) is 10.6 Å². The summed E-state index contributed by atoms with van der Waals surface area (Å²) in [6, 6.07) is 8.84. The molecule has 1 atom stereocenters. The minimum Gasteiger partial charge on any atom is -0.494 e. The Kier molecular flexibility index (Phi) is 6.75. The Hall–Kier alpha value is -1.90. The molecule has 164 valence electrons. The van der Waals surface area contributed by atoms with Crippen LogP contribution in [0.25, 0.3) is 0 Å². The van der Waals surface area contributed by atoms with E-state index in [0.717, 1.165) is 31.7 Å². The molecule has 0 N–H and O–H groups in total. The van der Waals surface area contributed by atoms with Gasteiger partial charge in [0.05, 0.1) is 12.8 Å². The van der Waals surface area contributed by atoms with Crippen molar-refractivity contribution in [1.29, 1.82) is 0 Å². The van der Waals surface area contributed by atoms with E-state index in [2.05, 4.69) is 22.1 Å². The molecular weight excluding hydrogens is 400 g/mol. The van der Waals surface area contributed by atoms with Gasteiger partial charge in [-0.15, -0.1) is 0 Å². The van der Waals surface area contributed by atoms with Crippen LogP contribution >= 0.6 is 0 Å². The standard InChI is InChI=1S/C22H32N4O3S/c1-24-18-22(17-23-24)30(27,28)26-12-5-15-29-21-8-4-6-19(16-21)9-10-20-7-2-3-11-25(20)13-14-26/h4,6,8,16-18,20H,2-3,5,7,9-15H2,1H3. The number of aromatic nitrogens is 2. The molecule has 1 aromatic heterocycles. The summed E-state index contributed by atoms with van der Waals surface area (Å²) < 4.78 is 35.6. The number of hydrogen-bond acceptors (Lipinski definition) is 5. The van der Waals surface area contributed by atoms with Crippen molar-refractivity contribution in [3.63, 3.8) is 0 Å². The Morgan fingerprint density at radius 2 is 1.97 bits per heavy atom. The molecule has 2 aliphatic heterocycles. The smallest absolute Gasteiger partial charge is 0.246 e. The zero-order chi connectivity index (χ0) is 21.0. The van der Waals surface area contributed by atoms with Gasteiger partial charge in [0.25, 0.3) is 0 Å². The first-order valence-corrected chi connectivity index (χ1v) is 12.4. The molecule has 30 heavy (non-hydrogen) atoms. The van der Waals surface area contributed by atoms with E-state index in [1.807, 2.05) is 12.1 Å². The van der Waals surface area contributed by atoms with Crippen LogP contribution in [0.15, 0.2) is 41.6 Å². The van der Waals surface area contributed by atoms with Crippen LogP contribution in [0.1, 0.15) is 37.7 Å². The number of ether oxygens (including phenoxy) is 1. The van der Waals surface area contributed by atoms with E-state index in [4.69, 9.17) is 4.74 Å². The summed E-state index contributed by atoms with van der Waals surface area (Å²) in [5, 5.41) is 4.06. The van der Waals surface area contributed by atoms with Gasteiger partial charge in [-0.25, -0.2) is 8.42 Å². The topological polar surface area (TPSA) is 67.7 Å². The van der Waals surface area contributed by atoms with Crippen molar-refractivity contribution < 1.29 is 13.2 Å². The molecule has 0 saturated carbocycles. The zero-order valence-corrected chi connectivity index (χ0v) is 18.6. The third-order valence-electron chi connectivity index (χ3n) is 6.19. The lowest BCUT2D eigenvalue weighted by Gasteiger charge is -2.37. The van der Waals surface area contributed by atoms with Crippen molar-refractivity contribution in [3.8, 4) is 5.75 Å². The second kappa shape index (κ2) is 9.49. The molecule has 0 radical (unpaired) electrons. The first kappa shape index (κ1) is 21.3. The first-order valence-electron chi connectivity index (χ1n) is 11.0. The summed E-state index contributed by atoms with van der Waals surface area (Å²) in [4.78, 5) is 2.76. The van der Waals surface area contributed by atoms with Gasteiger partial charge in [-0.2, -0.15) is 9.40 Å². The number of piperidine rings is 1. The van der Waals surface area contributed by atoms with Gasteiger partial charge in [0.15, 0.2) is 0 Å². The molecule has 8 heteroatoms.